The van der Waals surface area contributed by atoms with Crippen LogP contribution in [0.3, 0.4) is 0 Å². The van der Waals surface area contributed by atoms with E-state index in [9.17, 15) is 4.79 Å². The number of hydrogen-bond donors (Lipinski definition) is 1. The van der Waals surface area contributed by atoms with E-state index in [0.29, 0.717) is 28.6 Å². The van der Waals surface area contributed by atoms with Crippen molar-refractivity contribution in [2.75, 3.05) is 4.90 Å². The lowest BCUT2D eigenvalue weighted by Gasteiger charge is -2.43. The van der Waals surface area contributed by atoms with E-state index in [2.05, 4.69) is 23.2 Å². The number of anilines is 1. The topological polar surface area (TPSA) is 53.2 Å². The number of hydrogen-bond acceptors (Lipinski definition) is 2. The van der Waals surface area contributed by atoms with Crippen molar-refractivity contribution in [2.45, 2.75) is 24.3 Å². The molecule has 1 aliphatic carbocycles. The third-order valence-corrected chi connectivity index (χ3v) is 10.1. The van der Waals surface area contributed by atoms with Crippen molar-refractivity contribution in [2.24, 2.45) is 5.92 Å². The first-order chi connectivity index (χ1) is 22.0. The Morgan fingerprint density at radius 3 is 2.22 bits per heavy atom. The van der Waals surface area contributed by atoms with Gasteiger partial charge in [-0.2, -0.15) is 0 Å². The molecule has 0 fully saturated rings. The molecule has 220 valence electrons. The zero-order valence-corrected chi connectivity index (χ0v) is 25.7. The van der Waals surface area contributed by atoms with E-state index in [1.807, 2.05) is 89.8 Å². The molecular weight excluding hydrogens is 599 g/mol. The minimum atomic E-state index is -1.33. The lowest BCUT2D eigenvalue weighted by atomic mass is 9.57. The highest BCUT2D eigenvalue weighted by molar-refractivity contribution is 6.31. The molecule has 1 N–H and O–H groups in total. The number of fused-ring (bicyclic) bond motifs is 6. The molecule has 4 nitrogen and oxygen atoms in total. The molecule has 1 aromatic heterocycles. The van der Waals surface area contributed by atoms with Gasteiger partial charge in [0.25, 0.3) is 0 Å². The van der Waals surface area contributed by atoms with Gasteiger partial charge in [0.15, 0.2) is 5.78 Å². The van der Waals surface area contributed by atoms with Gasteiger partial charge in [-0.25, -0.2) is 0 Å². The molecule has 0 bridgehead atoms. The predicted molar refractivity (Wildman–Crippen MR) is 180 cm³/mol. The fraction of sp³-hybridized carbons (Fsp3) is 0.128. The summed E-state index contributed by atoms with van der Waals surface area (Å²) in [6.07, 6.45) is 0.442. The number of Topliss-reactive ketones (excluding diaryl/α,β-unsaturated/α-hetero) is 1. The Kier molecular flexibility index (Phi) is 6.67. The van der Waals surface area contributed by atoms with E-state index in [1.165, 1.54) is 0 Å². The van der Waals surface area contributed by atoms with Gasteiger partial charge in [0.2, 0.25) is 5.91 Å². The summed E-state index contributed by atoms with van der Waals surface area (Å²) in [4.78, 5) is 35.9. The summed E-state index contributed by atoms with van der Waals surface area (Å²) >= 11 is 13.0. The van der Waals surface area contributed by atoms with E-state index >= 15 is 4.79 Å². The highest BCUT2D eigenvalue weighted by Gasteiger charge is 2.63. The molecule has 3 unspecified atom stereocenters. The molecular formula is C39H28Cl2N2O2. The molecule has 0 saturated carbocycles. The average Bonchev–Trinajstić information content (AvgIpc) is 3.57. The van der Waals surface area contributed by atoms with Crippen LogP contribution in [0.25, 0.3) is 10.9 Å². The number of H-pyrrole nitrogens is 1. The summed E-state index contributed by atoms with van der Waals surface area (Å²) in [6.45, 7) is 0.371. The molecule has 3 atom stereocenters. The molecule has 45 heavy (non-hydrogen) atoms. The molecule has 2 heterocycles. The third kappa shape index (κ3) is 4.28. The summed E-state index contributed by atoms with van der Waals surface area (Å²) in [5.74, 6) is -1.08. The van der Waals surface area contributed by atoms with Crippen LogP contribution in [0.5, 0.6) is 0 Å². The average molecular weight is 628 g/mol. The zero-order chi connectivity index (χ0) is 30.7. The minimum Gasteiger partial charge on any atom is -0.357 e. The summed E-state index contributed by atoms with van der Waals surface area (Å²) < 4.78 is 0. The monoisotopic (exact) mass is 626 g/mol. The number of carbonyl (C=O) groups is 2. The van der Waals surface area contributed by atoms with Crippen LogP contribution in [0.15, 0.2) is 127 Å². The maximum atomic E-state index is 15.4. The fourth-order valence-electron chi connectivity index (χ4n) is 7.65. The summed E-state index contributed by atoms with van der Waals surface area (Å²) in [5.41, 5.74) is 5.56. The van der Waals surface area contributed by atoms with Gasteiger partial charge in [-0.15, -0.1) is 0 Å². The number of carbonyl (C=O) groups excluding carboxylic acids is 2. The van der Waals surface area contributed by atoms with E-state index < -0.39 is 11.3 Å². The Morgan fingerprint density at radius 2 is 1.47 bits per heavy atom. The van der Waals surface area contributed by atoms with Gasteiger partial charge in [0.1, 0.15) is 5.41 Å². The Morgan fingerprint density at radius 1 is 0.800 bits per heavy atom. The van der Waals surface area contributed by atoms with Crippen molar-refractivity contribution in [1.82, 2.24) is 4.98 Å². The van der Waals surface area contributed by atoms with E-state index in [0.717, 1.165) is 44.5 Å². The van der Waals surface area contributed by atoms with Crippen LogP contribution in [0, 0.1) is 5.92 Å². The number of aromatic nitrogens is 1. The first-order valence-corrected chi connectivity index (χ1v) is 15.8. The second kappa shape index (κ2) is 10.8. The molecule has 5 aromatic carbocycles. The van der Waals surface area contributed by atoms with Gasteiger partial charge >= 0.3 is 0 Å². The van der Waals surface area contributed by atoms with Crippen LogP contribution in [0.2, 0.25) is 10.0 Å². The standard InChI is InChI=1S/C39H28Cl2N2O2/c40-27-17-15-26(16-18-27)36(44)32-22-30(25-11-5-2-6-12-25)35-29-13-7-8-14-33(29)42-37(35)39(32)31-21-28(41)19-20-34(31)43(38(39)45)23-24-9-3-1-4-10-24/h1-21,30,32,42H,22-23H2. The van der Waals surface area contributed by atoms with E-state index in [-0.39, 0.29) is 17.6 Å². The van der Waals surface area contributed by atoms with Crippen molar-refractivity contribution in [3.05, 3.63) is 171 Å². The first-order valence-electron chi connectivity index (χ1n) is 15.1. The summed E-state index contributed by atoms with van der Waals surface area (Å²) in [6, 6.07) is 41.0. The highest BCUT2D eigenvalue weighted by atomic mass is 35.5. The van der Waals surface area contributed by atoms with Crippen LogP contribution >= 0.6 is 23.2 Å². The predicted octanol–water partition coefficient (Wildman–Crippen LogP) is 9.34. The number of aromatic amines is 1. The molecule has 6 aromatic rings. The van der Waals surface area contributed by atoms with Gasteiger partial charge in [-0.3, -0.25) is 9.59 Å². The second-order valence-corrected chi connectivity index (χ2v) is 12.8. The van der Waals surface area contributed by atoms with Crippen molar-refractivity contribution in [3.8, 4) is 0 Å². The molecule has 1 spiro atoms. The SMILES string of the molecule is O=C(c1ccc(Cl)cc1)C1CC(c2ccccc2)c2c([nH]c3ccccc23)C12C(=O)N(Cc1ccccc1)c1ccc(Cl)cc12. The van der Waals surface area contributed by atoms with E-state index in [4.69, 9.17) is 23.2 Å². The normalized spacial score (nSPS) is 20.4. The Bertz CT molecular complexity index is 2090. The quantitative estimate of drug-likeness (QED) is 0.194. The molecule has 0 radical (unpaired) electrons. The van der Waals surface area contributed by atoms with Gasteiger partial charge in [-0.05, 0) is 77.2 Å². The van der Waals surface area contributed by atoms with Crippen LogP contribution in [0.1, 0.15) is 50.6 Å². The highest BCUT2D eigenvalue weighted by Crippen LogP contribution is 2.60. The number of para-hydroxylation sites is 1. The van der Waals surface area contributed by atoms with Gasteiger partial charge in [0.05, 0.1) is 6.54 Å². The van der Waals surface area contributed by atoms with Crippen molar-refractivity contribution in [3.63, 3.8) is 0 Å². The number of amides is 1. The van der Waals surface area contributed by atoms with Gasteiger partial charge in [-0.1, -0.05) is 102 Å². The van der Waals surface area contributed by atoms with Crippen molar-refractivity contribution < 1.29 is 9.59 Å². The molecule has 2 aliphatic rings. The van der Waals surface area contributed by atoms with E-state index in [1.54, 1.807) is 24.3 Å². The smallest absolute Gasteiger partial charge is 0.244 e. The number of benzene rings is 5. The summed E-state index contributed by atoms with van der Waals surface area (Å²) in [7, 11) is 0. The van der Waals surface area contributed by atoms with Gasteiger partial charge < -0.3 is 9.88 Å². The maximum absolute atomic E-state index is 15.4. The zero-order valence-electron chi connectivity index (χ0n) is 24.2. The summed E-state index contributed by atoms with van der Waals surface area (Å²) in [5, 5.41) is 2.12. The van der Waals surface area contributed by atoms with Crippen LogP contribution in [-0.4, -0.2) is 16.7 Å². The largest absolute Gasteiger partial charge is 0.357 e. The van der Waals surface area contributed by atoms with Crippen LogP contribution < -0.4 is 4.90 Å². The van der Waals surface area contributed by atoms with Crippen LogP contribution in [-0.2, 0) is 16.8 Å². The molecule has 8 rings (SSSR count). The lowest BCUT2D eigenvalue weighted by Crippen LogP contribution is -2.52. The maximum Gasteiger partial charge on any atom is 0.244 e. The number of rotatable bonds is 5. The molecule has 1 amide bonds. The number of nitrogens with one attached hydrogen (secondary N) is 1. The molecule has 6 heteroatoms. The van der Waals surface area contributed by atoms with Crippen molar-refractivity contribution >= 4 is 51.5 Å². The second-order valence-electron chi connectivity index (χ2n) is 11.9. The number of nitrogens with zero attached hydrogens (tertiary/aromatic N) is 1. The Hall–Kier alpha value is -4.64. The third-order valence-electron chi connectivity index (χ3n) is 9.57. The lowest BCUT2D eigenvalue weighted by molar-refractivity contribution is -0.123. The Balaban J connectivity index is 1.45. The molecule has 1 aliphatic heterocycles. The van der Waals surface area contributed by atoms with Crippen molar-refractivity contribution in [1.29, 1.82) is 0 Å². The van der Waals surface area contributed by atoms with Crippen LogP contribution in [0.4, 0.5) is 5.69 Å². The first kappa shape index (κ1) is 27.9. The van der Waals surface area contributed by atoms with Gasteiger partial charge in [0, 0.05) is 49.7 Å². The fourth-order valence-corrected chi connectivity index (χ4v) is 7.94. The minimum absolute atomic E-state index is 0.0993. The number of halogens is 2. The Labute approximate surface area is 271 Å². The molecule has 0 saturated heterocycles. The number of ketones is 1.